The number of likely N-dealkylation sites (tertiary alicyclic amines) is 1. The van der Waals surface area contributed by atoms with Gasteiger partial charge in [-0.25, -0.2) is 9.18 Å². The maximum absolute atomic E-state index is 13.6. The molecule has 0 amide bonds. The van der Waals surface area contributed by atoms with Gasteiger partial charge >= 0.3 is 5.97 Å². The Morgan fingerprint density at radius 1 is 1.47 bits per heavy atom. The van der Waals surface area contributed by atoms with Crippen LogP contribution in [0, 0.1) is 11.7 Å². The van der Waals surface area contributed by atoms with Gasteiger partial charge in [-0.1, -0.05) is 13.0 Å². The molecular weight excluding hydrogens is 245 g/mol. The van der Waals surface area contributed by atoms with Crippen molar-refractivity contribution in [1.82, 2.24) is 4.90 Å². The molecule has 0 saturated carbocycles. The van der Waals surface area contributed by atoms with Gasteiger partial charge in [-0.15, -0.1) is 0 Å². The number of aromatic carboxylic acids is 1. The van der Waals surface area contributed by atoms with Crippen molar-refractivity contribution < 1.29 is 14.3 Å². The van der Waals surface area contributed by atoms with Crippen LogP contribution >= 0.6 is 0 Å². The fourth-order valence-electron chi connectivity index (χ4n) is 2.71. The molecule has 19 heavy (non-hydrogen) atoms. The zero-order valence-corrected chi connectivity index (χ0v) is 11.4. The number of carboxylic acids is 1. The highest BCUT2D eigenvalue weighted by atomic mass is 19.1. The van der Waals surface area contributed by atoms with E-state index in [9.17, 15) is 9.18 Å². The molecule has 2 unspecified atom stereocenters. The van der Waals surface area contributed by atoms with Gasteiger partial charge in [0.05, 0.1) is 5.56 Å². The van der Waals surface area contributed by atoms with Gasteiger partial charge < -0.3 is 5.11 Å². The molecule has 1 aliphatic heterocycles. The number of benzene rings is 1. The van der Waals surface area contributed by atoms with Gasteiger partial charge in [0.15, 0.2) is 0 Å². The van der Waals surface area contributed by atoms with Crippen molar-refractivity contribution in [1.29, 1.82) is 0 Å². The Hall–Kier alpha value is -1.42. The van der Waals surface area contributed by atoms with Gasteiger partial charge in [-0.3, -0.25) is 4.90 Å². The van der Waals surface area contributed by atoms with Gasteiger partial charge in [0.2, 0.25) is 0 Å². The number of rotatable bonds is 3. The van der Waals surface area contributed by atoms with Crippen molar-refractivity contribution in [2.75, 3.05) is 6.54 Å². The number of hydrogen-bond acceptors (Lipinski definition) is 2. The standard InChI is InChI=1S/C15H20FNO2/c1-10-4-3-7-17(11(10)2)9-12-5-6-13(15(18)19)14(16)8-12/h5-6,8,10-11H,3-4,7,9H2,1-2H3,(H,18,19). The summed E-state index contributed by atoms with van der Waals surface area (Å²) in [5, 5.41) is 8.80. The number of carbonyl (C=O) groups is 1. The van der Waals surface area contributed by atoms with Crippen molar-refractivity contribution in [3.63, 3.8) is 0 Å². The molecule has 1 aliphatic rings. The first-order valence-corrected chi connectivity index (χ1v) is 6.75. The lowest BCUT2D eigenvalue weighted by Gasteiger charge is -2.38. The Kier molecular flexibility index (Phi) is 4.20. The van der Waals surface area contributed by atoms with Crippen LogP contribution in [-0.2, 0) is 6.54 Å². The first-order valence-electron chi connectivity index (χ1n) is 6.75. The summed E-state index contributed by atoms with van der Waals surface area (Å²) >= 11 is 0. The molecule has 1 aromatic rings. The SMILES string of the molecule is CC1CCCN(Cc2ccc(C(=O)O)c(F)c2)C1C. The normalized spacial score (nSPS) is 24.4. The summed E-state index contributed by atoms with van der Waals surface area (Å²) in [6.45, 7) is 6.15. The molecule has 4 heteroatoms. The Morgan fingerprint density at radius 3 is 2.84 bits per heavy atom. The highest BCUT2D eigenvalue weighted by Crippen LogP contribution is 2.24. The molecule has 0 radical (unpaired) electrons. The average Bonchev–Trinajstić information content (AvgIpc) is 2.34. The smallest absolute Gasteiger partial charge is 0.338 e. The summed E-state index contributed by atoms with van der Waals surface area (Å²) in [5.41, 5.74) is 0.576. The van der Waals surface area contributed by atoms with Crippen LogP contribution < -0.4 is 0 Å². The number of piperidine rings is 1. The van der Waals surface area contributed by atoms with Crippen molar-refractivity contribution in [3.8, 4) is 0 Å². The predicted molar refractivity (Wildman–Crippen MR) is 71.6 cm³/mol. The van der Waals surface area contributed by atoms with Crippen molar-refractivity contribution in [2.45, 2.75) is 39.3 Å². The summed E-state index contributed by atoms with van der Waals surface area (Å²) in [5.74, 6) is -1.22. The first-order chi connectivity index (χ1) is 8.99. The van der Waals surface area contributed by atoms with Crippen LogP contribution in [0.5, 0.6) is 0 Å². The van der Waals surface area contributed by atoms with Gasteiger partial charge in [0.25, 0.3) is 0 Å². The van der Waals surface area contributed by atoms with Crippen LogP contribution in [0.3, 0.4) is 0 Å². The highest BCUT2D eigenvalue weighted by Gasteiger charge is 2.24. The maximum Gasteiger partial charge on any atom is 0.338 e. The van der Waals surface area contributed by atoms with E-state index >= 15 is 0 Å². The third kappa shape index (κ3) is 3.13. The van der Waals surface area contributed by atoms with Crippen LogP contribution in [0.4, 0.5) is 4.39 Å². The minimum absolute atomic E-state index is 0.260. The lowest BCUT2D eigenvalue weighted by Crippen LogP contribution is -2.41. The van der Waals surface area contributed by atoms with E-state index in [-0.39, 0.29) is 5.56 Å². The fourth-order valence-corrected chi connectivity index (χ4v) is 2.71. The Bertz CT molecular complexity index is 475. The molecule has 1 aromatic carbocycles. The van der Waals surface area contributed by atoms with E-state index in [1.165, 1.54) is 25.0 Å². The molecule has 3 nitrogen and oxygen atoms in total. The quantitative estimate of drug-likeness (QED) is 0.912. The molecular formula is C15H20FNO2. The van der Waals surface area contributed by atoms with Crippen LogP contribution in [0.2, 0.25) is 0 Å². The summed E-state index contributed by atoms with van der Waals surface area (Å²) in [6, 6.07) is 4.88. The number of hydrogen-bond donors (Lipinski definition) is 1. The molecule has 2 rings (SSSR count). The van der Waals surface area contributed by atoms with Crippen LogP contribution in [-0.4, -0.2) is 28.6 Å². The van der Waals surface area contributed by atoms with Crippen LogP contribution in [0.15, 0.2) is 18.2 Å². The Balaban J connectivity index is 2.11. The Morgan fingerprint density at radius 2 is 2.21 bits per heavy atom. The second-order valence-electron chi connectivity index (χ2n) is 5.45. The van der Waals surface area contributed by atoms with Gasteiger partial charge in [-0.2, -0.15) is 0 Å². The van der Waals surface area contributed by atoms with E-state index in [0.717, 1.165) is 12.1 Å². The van der Waals surface area contributed by atoms with Crippen molar-refractivity contribution in [3.05, 3.63) is 35.1 Å². The zero-order valence-electron chi connectivity index (χ0n) is 11.4. The molecule has 2 atom stereocenters. The predicted octanol–water partition coefficient (Wildman–Crippen LogP) is 3.14. The number of nitrogens with zero attached hydrogens (tertiary/aromatic N) is 1. The maximum atomic E-state index is 13.6. The highest BCUT2D eigenvalue weighted by molar-refractivity contribution is 5.87. The molecule has 0 spiro atoms. The average molecular weight is 265 g/mol. The van der Waals surface area contributed by atoms with Crippen molar-refractivity contribution >= 4 is 5.97 Å². The van der Waals surface area contributed by atoms with Crippen LogP contribution in [0.25, 0.3) is 0 Å². The second-order valence-corrected chi connectivity index (χ2v) is 5.45. The Labute approximate surface area is 113 Å². The van der Waals surface area contributed by atoms with E-state index in [4.69, 9.17) is 5.11 Å². The van der Waals surface area contributed by atoms with Gasteiger partial charge in [0, 0.05) is 12.6 Å². The van der Waals surface area contributed by atoms with E-state index in [2.05, 4.69) is 18.7 Å². The molecule has 0 bridgehead atoms. The summed E-state index contributed by atoms with van der Waals surface area (Å²) in [7, 11) is 0. The monoisotopic (exact) mass is 265 g/mol. The van der Waals surface area contributed by atoms with E-state index < -0.39 is 11.8 Å². The van der Waals surface area contributed by atoms with E-state index in [1.54, 1.807) is 6.07 Å². The molecule has 1 heterocycles. The number of halogens is 1. The minimum atomic E-state index is -1.22. The molecule has 1 fully saturated rings. The third-order valence-electron chi connectivity index (χ3n) is 4.15. The van der Waals surface area contributed by atoms with Crippen molar-refractivity contribution in [2.24, 2.45) is 5.92 Å². The zero-order chi connectivity index (χ0) is 14.0. The number of carboxylic acid groups (broad SMARTS) is 1. The fraction of sp³-hybridized carbons (Fsp3) is 0.533. The molecule has 1 N–H and O–H groups in total. The summed E-state index contributed by atoms with van der Waals surface area (Å²) in [4.78, 5) is 13.1. The molecule has 0 aliphatic carbocycles. The summed E-state index contributed by atoms with van der Waals surface area (Å²) < 4.78 is 13.6. The lowest BCUT2D eigenvalue weighted by atomic mass is 9.91. The van der Waals surface area contributed by atoms with Crippen LogP contribution in [0.1, 0.15) is 42.6 Å². The van der Waals surface area contributed by atoms with Gasteiger partial charge in [-0.05, 0) is 49.9 Å². The largest absolute Gasteiger partial charge is 0.478 e. The molecule has 0 aromatic heterocycles. The third-order valence-corrected chi connectivity index (χ3v) is 4.15. The summed E-state index contributed by atoms with van der Waals surface area (Å²) in [6.07, 6.45) is 2.41. The lowest BCUT2D eigenvalue weighted by molar-refractivity contribution is 0.0691. The van der Waals surface area contributed by atoms with E-state index in [0.29, 0.717) is 18.5 Å². The first kappa shape index (κ1) is 14.0. The van der Waals surface area contributed by atoms with E-state index in [1.807, 2.05) is 0 Å². The minimum Gasteiger partial charge on any atom is -0.478 e. The second kappa shape index (κ2) is 5.70. The van der Waals surface area contributed by atoms with Gasteiger partial charge in [0.1, 0.15) is 5.82 Å². The molecule has 104 valence electrons. The topological polar surface area (TPSA) is 40.5 Å². The molecule has 1 saturated heterocycles.